The smallest absolute Gasteiger partial charge is 0.389 e. The van der Waals surface area contributed by atoms with Crippen molar-refractivity contribution in [2.24, 2.45) is 0 Å². The van der Waals surface area contributed by atoms with Gasteiger partial charge in [-0.25, -0.2) is 14.4 Å². The van der Waals surface area contributed by atoms with E-state index in [1.807, 2.05) is 5.32 Å². The Morgan fingerprint density at radius 3 is 2.44 bits per heavy atom. The van der Waals surface area contributed by atoms with Crippen LogP contribution in [0.3, 0.4) is 0 Å². The molecule has 0 saturated carbocycles. The summed E-state index contributed by atoms with van der Waals surface area (Å²) in [7, 11) is 2.44. The SMILES string of the molecule is [2H]C([2H])([2H])C(NC(=O)c1cc(-c2cc3c(C(=O)NC)c(-c4ccc(F)cc4)oc3nc2CCC(F)(F)F)cnc1OC)(c1ncon1)C([2H])([2H])[2H]. The fourth-order valence-corrected chi connectivity index (χ4v) is 4.47. The molecule has 0 radical (unpaired) electrons. The van der Waals surface area contributed by atoms with Gasteiger partial charge in [0.25, 0.3) is 11.8 Å². The van der Waals surface area contributed by atoms with Crippen molar-refractivity contribution < 1.29 is 49.1 Å². The van der Waals surface area contributed by atoms with Crippen LogP contribution in [0.25, 0.3) is 33.6 Å². The zero-order valence-electron chi connectivity index (χ0n) is 29.4. The van der Waals surface area contributed by atoms with Crippen LogP contribution in [0, 0.1) is 5.82 Å². The largest absolute Gasteiger partial charge is 0.480 e. The van der Waals surface area contributed by atoms with E-state index >= 15 is 0 Å². The zero-order valence-corrected chi connectivity index (χ0v) is 23.4. The van der Waals surface area contributed by atoms with Crippen molar-refractivity contribution in [1.29, 1.82) is 0 Å². The van der Waals surface area contributed by atoms with E-state index in [4.69, 9.17) is 17.4 Å². The molecule has 11 nitrogen and oxygen atoms in total. The predicted molar refractivity (Wildman–Crippen MR) is 152 cm³/mol. The maximum absolute atomic E-state index is 13.9. The number of nitrogens with zero attached hydrogens (tertiary/aromatic N) is 4. The van der Waals surface area contributed by atoms with Gasteiger partial charge in [-0.3, -0.25) is 9.59 Å². The number of methoxy groups -OCH3 is 1. The first kappa shape index (κ1) is 24.0. The third-order valence-corrected chi connectivity index (χ3v) is 6.57. The number of carbonyl (C=O) groups excluding carboxylic acids is 2. The van der Waals surface area contributed by atoms with E-state index in [0.717, 1.165) is 31.5 Å². The highest BCUT2D eigenvalue weighted by atomic mass is 19.4. The minimum Gasteiger partial charge on any atom is -0.480 e. The van der Waals surface area contributed by atoms with Crippen molar-refractivity contribution in [3.05, 3.63) is 77.5 Å². The monoisotopic (exact) mass is 632 g/mol. The topological polar surface area (TPSA) is 145 Å². The number of pyridine rings is 2. The van der Waals surface area contributed by atoms with Crippen LogP contribution >= 0.6 is 0 Å². The summed E-state index contributed by atoms with van der Waals surface area (Å²) in [5, 5.41) is 7.87. The van der Waals surface area contributed by atoms with Crippen molar-refractivity contribution in [1.82, 2.24) is 30.7 Å². The Hall–Kier alpha value is -5.34. The highest BCUT2D eigenvalue weighted by Gasteiger charge is 2.31. The fourth-order valence-electron chi connectivity index (χ4n) is 4.47. The number of hydrogen-bond donors (Lipinski definition) is 2. The summed E-state index contributed by atoms with van der Waals surface area (Å²) < 4.78 is 118. The van der Waals surface area contributed by atoms with Gasteiger partial charge in [-0.2, -0.15) is 18.2 Å². The van der Waals surface area contributed by atoms with Gasteiger partial charge in [0.1, 0.15) is 17.1 Å². The molecule has 1 aromatic carbocycles. The van der Waals surface area contributed by atoms with Crippen LogP contribution in [-0.4, -0.2) is 52.3 Å². The molecule has 4 heterocycles. The summed E-state index contributed by atoms with van der Waals surface area (Å²) in [5.41, 5.74) is -4.12. The summed E-state index contributed by atoms with van der Waals surface area (Å²) in [6.07, 6.45) is -4.88. The fraction of sp³-hybridized carbons (Fsp3) is 0.267. The lowest BCUT2D eigenvalue weighted by Crippen LogP contribution is -2.42. The number of aryl methyl sites for hydroxylation is 1. The second kappa shape index (κ2) is 12.0. The van der Waals surface area contributed by atoms with Crippen molar-refractivity contribution in [2.75, 3.05) is 14.2 Å². The van der Waals surface area contributed by atoms with Gasteiger partial charge in [0.05, 0.1) is 29.3 Å². The average Bonchev–Trinajstić information content (AvgIpc) is 3.72. The van der Waals surface area contributed by atoms with Crippen molar-refractivity contribution in [3.63, 3.8) is 0 Å². The van der Waals surface area contributed by atoms with Crippen molar-refractivity contribution in [2.45, 2.75) is 38.3 Å². The molecule has 2 amide bonds. The highest BCUT2D eigenvalue weighted by molar-refractivity contribution is 6.11. The summed E-state index contributed by atoms with van der Waals surface area (Å²) in [4.78, 5) is 39.0. The number of ether oxygens (including phenoxy) is 1. The standard InChI is InChI=1S/C30H26F4N6O5/c1-29(2,28-37-14-44-40-28)39-24(41)20-11-16(13-36-26(20)43-4)18-12-19-22(25(42)35-3)23(15-5-7-17(31)8-6-15)45-27(19)38-21(18)9-10-30(32,33)34/h5-8,11-14H,9-10H2,1-4H3,(H,35,42)(H,39,41)/i1D3,2D3. The van der Waals surface area contributed by atoms with Gasteiger partial charge in [-0.1, -0.05) is 5.16 Å². The van der Waals surface area contributed by atoms with E-state index in [-0.39, 0.29) is 44.8 Å². The molecule has 15 heteroatoms. The zero-order chi connectivity index (χ0) is 37.5. The van der Waals surface area contributed by atoms with Gasteiger partial charge in [0.2, 0.25) is 18.0 Å². The predicted octanol–water partition coefficient (Wildman–Crippen LogP) is 5.61. The third-order valence-electron chi connectivity index (χ3n) is 6.57. The number of carbonyl (C=O) groups is 2. The van der Waals surface area contributed by atoms with Crippen LogP contribution in [0.2, 0.25) is 0 Å². The van der Waals surface area contributed by atoms with Gasteiger partial charge in [0, 0.05) is 44.6 Å². The number of aromatic nitrogens is 4. The van der Waals surface area contributed by atoms with Crippen LogP contribution in [0.5, 0.6) is 5.88 Å². The maximum Gasteiger partial charge on any atom is 0.389 e. The molecule has 5 rings (SSSR count). The number of nitrogens with one attached hydrogen (secondary N) is 2. The normalized spacial score (nSPS) is 14.4. The molecular weight excluding hydrogens is 600 g/mol. The molecule has 0 fully saturated rings. The maximum atomic E-state index is 13.9. The van der Waals surface area contributed by atoms with E-state index in [1.165, 1.54) is 25.2 Å². The van der Waals surface area contributed by atoms with E-state index in [2.05, 4.69) is 29.9 Å². The highest BCUT2D eigenvalue weighted by Crippen LogP contribution is 2.38. The molecule has 0 aliphatic rings. The Balaban J connectivity index is 1.73. The minimum absolute atomic E-state index is 0.0298. The number of hydrogen-bond acceptors (Lipinski definition) is 9. The first-order valence-electron chi connectivity index (χ1n) is 16.0. The van der Waals surface area contributed by atoms with Gasteiger partial charge >= 0.3 is 6.18 Å². The molecular formula is C30H26F4N6O5. The molecule has 0 bridgehead atoms. The number of halogens is 4. The molecule has 2 N–H and O–H groups in total. The van der Waals surface area contributed by atoms with Gasteiger partial charge in [-0.05, 0) is 56.5 Å². The lowest BCUT2D eigenvalue weighted by molar-refractivity contribution is -0.134. The van der Waals surface area contributed by atoms with Crippen LogP contribution in [0.1, 0.15) is 60.6 Å². The molecule has 0 saturated heterocycles. The molecule has 0 aliphatic heterocycles. The number of furan rings is 1. The van der Waals surface area contributed by atoms with Gasteiger partial charge < -0.3 is 24.3 Å². The second-order valence-electron chi connectivity index (χ2n) is 9.58. The molecule has 4 aromatic heterocycles. The summed E-state index contributed by atoms with van der Waals surface area (Å²) >= 11 is 0. The Bertz CT molecular complexity index is 2070. The number of amides is 2. The molecule has 0 unspecified atom stereocenters. The van der Waals surface area contributed by atoms with Crippen molar-refractivity contribution >= 4 is 22.9 Å². The first-order valence-corrected chi connectivity index (χ1v) is 13.0. The molecule has 45 heavy (non-hydrogen) atoms. The van der Waals surface area contributed by atoms with Crippen LogP contribution in [-0.2, 0) is 12.0 Å². The Kier molecular flexibility index (Phi) is 6.40. The van der Waals surface area contributed by atoms with E-state index < -0.39 is 73.2 Å². The summed E-state index contributed by atoms with van der Waals surface area (Å²) in [6.45, 7) is -6.98. The lowest BCUT2D eigenvalue weighted by Gasteiger charge is -2.23. The van der Waals surface area contributed by atoms with Gasteiger partial charge in [-0.15, -0.1) is 0 Å². The van der Waals surface area contributed by atoms with Crippen molar-refractivity contribution in [3.8, 4) is 28.3 Å². The minimum atomic E-state index is -4.63. The summed E-state index contributed by atoms with van der Waals surface area (Å²) in [5.74, 6) is -3.97. The molecule has 5 aromatic rings. The number of benzene rings is 1. The number of rotatable bonds is 9. The van der Waals surface area contributed by atoms with Crippen LogP contribution < -0.4 is 15.4 Å². The lowest BCUT2D eigenvalue weighted by atomic mass is 9.97. The first-order chi connectivity index (χ1) is 23.8. The van der Waals surface area contributed by atoms with Crippen LogP contribution in [0.4, 0.5) is 17.6 Å². The quantitative estimate of drug-likeness (QED) is 0.198. The molecule has 0 aliphatic carbocycles. The van der Waals surface area contributed by atoms with Gasteiger partial charge in [0.15, 0.2) is 5.82 Å². The Morgan fingerprint density at radius 2 is 1.82 bits per heavy atom. The number of alkyl halides is 3. The van der Waals surface area contributed by atoms with Crippen LogP contribution in [0.15, 0.2) is 57.9 Å². The molecule has 0 atom stereocenters. The van der Waals surface area contributed by atoms with E-state index in [0.29, 0.717) is 6.39 Å². The number of fused-ring (bicyclic) bond motifs is 1. The summed E-state index contributed by atoms with van der Waals surface area (Å²) in [6, 6.07) is 7.26. The van der Waals surface area contributed by atoms with E-state index in [1.54, 1.807) is 0 Å². The Morgan fingerprint density at radius 1 is 1.07 bits per heavy atom. The molecule has 234 valence electrons. The Labute approximate surface area is 261 Å². The second-order valence-corrected chi connectivity index (χ2v) is 9.58. The van der Waals surface area contributed by atoms with E-state index in [9.17, 15) is 27.2 Å². The molecule has 0 spiro atoms. The average molecular weight is 633 g/mol. The third kappa shape index (κ3) is 6.46.